The zero-order valence-electron chi connectivity index (χ0n) is 13.5. The van der Waals surface area contributed by atoms with Crippen molar-refractivity contribution in [3.8, 4) is 0 Å². The van der Waals surface area contributed by atoms with Crippen LogP contribution in [0.25, 0.3) is 0 Å². The first-order chi connectivity index (χ1) is 9.61. The molecule has 1 aliphatic heterocycles. The standard InChI is InChI=1S/C18H30N2/c1-14-9-11-20(16(3)13-14)12-10-18(19-4)17-8-6-5-7-15(17)2/h5-8,14,16,18-19H,9-13H2,1-4H3. The van der Waals surface area contributed by atoms with Gasteiger partial charge in [-0.3, -0.25) is 0 Å². The van der Waals surface area contributed by atoms with Gasteiger partial charge in [-0.2, -0.15) is 0 Å². The molecule has 2 rings (SSSR count). The van der Waals surface area contributed by atoms with Crippen molar-refractivity contribution in [3.05, 3.63) is 35.4 Å². The van der Waals surface area contributed by atoms with E-state index < -0.39 is 0 Å². The maximum Gasteiger partial charge on any atom is 0.0332 e. The van der Waals surface area contributed by atoms with Crippen molar-refractivity contribution < 1.29 is 0 Å². The monoisotopic (exact) mass is 274 g/mol. The summed E-state index contributed by atoms with van der Waals surface area (Å²) < 4.78 is 0. The summed E-state index contributed by atoms with van der Waals surface area (Å²) in [5.74, 6) is 0.901. The van der Waals surface area contributed by atoms with Crippen molar-refractivity contribution in [2.75, 3.05) is 20.1 Å². The van der Waals surface area contributed by atoms with Crippen LogP contribution in [0, 0.1) is 12.8 Å². The maximum atomic E-state index is 3.50. The molecule has 1 aliphatic rings. The van der Waals surface area contributed by atoms with Gasteiger partial charge < -0.3 is 10.2 Å². The fraction of sp³-hybridized carbons (Fsp3) is 0.667. The van der Waals surface area contributed by atoms with Gasteiger partial charge >= 0.3 is 0 Å². The number of hydrogen-bond donors (Lipinski definition) is 1. The predicted molar refractivity (Wildman–Crippen MR) is 87.0 cm³/mol. The van der Waals surface area contributed by atoms with Crippen LogP contribution in [0.4, 0.5) is 0 Å². The summed E-state index contributed by atoms with van der Waals surface area (Å²) in [7, 11) is 2.08. The molecule has 0 radical (unpaired) electrons. The topological polar surface area (TPSA) is 15.3 Å². The van der Waals surface area contributed by atoms with Crippen molar-refractivity contribution in [2.45, 2.75) is 52.1 Å². The molecular weight excluding hydrogens is 244 g/mol. The van der Waals surface area contributed by atoms with E-state index in [1.165, 1.54) is 43.5 Å². The molecule has 1 saturated heterocycles. The lowest BCUT2D eigenvalue weighted by Gasteiger charge is -2.37. The third-order valence-electron chi connectivity index (χ3n) is 4.89. The number of benzene rings is 1. The third-order valence-corrected chi connectivity index (χ3v) is 4.89. The van der Waals surface area contributed by atoms with E-state index >= 15 is 0 Å². The Morgan fingerprint density at radius 2 is 2.05 bits per heavy atom. The molecule has 1 aromatic rings. The number of rotatable bonds is 5. The highest BCUT2D eigenvalue weighted by Gasteiger charge is 2.23. The Labute approximate surface area is 124 Å². The van der Waals surface area contributed by atoms with Crippen molar-refractivity contribution in [2.24, 2.45) is 5.92 Å². The summed E-state index contributed by atoms with van der Waals surface area (Å²) >= 11 is 0. The molecule has 2 heteroatoms. The Balaban J connectivity index is 1.93. The lowest BCUT2D eigenvalue weighted by Crippen LogP contribution is -2.41. The van der Waals surface area contributed by atoms with E-state index in [4.69, 9.17) is 0 Å². The molecule has 0 aromatic heterocycles. The molecule has 0 saturated carbocycles. The quantitative estimate of drug-likeness (QED) is 0.879. The number of aryl methyl sites for hydroxylation is 1. The number of nitrogens with one attached hydrogen (secondary N) is 1. The Bertz CT molecular complexity index is 416. The van der Waals surface area contributed by atoms with Gasteiger partial charge in [0.1, 0.15) is 0 Å². The molecule has 20 heavy (non-hydrogen) atoms. The van der Waals surface area contributed by atoms with Crippen LogP contribution in [0.5, 0.6) is 0 Å². The lowest BCUT2D eigenvalue weighted by molar-refractivity contribution is 0.124. The largest absolute Gasteiger partial charge is 0.313 e. The van der Waals surface area contributed by atoms with Crippen LogP contribution in [-0.2, 0) is 0 Å². The van der Waals surface area contributed by atoms with E-state index in [0.717, 1.165) is 12.0 Å². The second-order valence-corrected chi connectivity index (χ2v) is 6.50. The van der Waals surface area contributed by atoms with E-state index in [0.29, 0.717) is 6.04 Å². The Hall–Kier alpha value is -0.860. The molecule has 0 bridgehead atoms. The zero-order valence-corrected chi connectivity index (χ0v) is 13.5. The average Bonchev–Trinajstić information content (AvgIpc) is 2.43. The molecule has 3 unspecified atom stereocenters. The third kappa shape index (κ3) is 3.83. The van der Waals surface area contributed by atoms with Gasteiger partial charge in [-0.15, -0.1) is 0 Å². The minimum atomic E-state index is 0.475. The predicted octanol–water partition coefficient (Wildman–Crippen LogP) is 3.77. The van der Waals surface area contributed by atoms with E-state index in [-0.39, 0.29) is 0 Å². The minimum absolute atomic E-state index is 0.475. The van der Waals surface area contributed by atoms with E-state index in [9.17, 15) is 0 Å². The van der Waals surface area contributed by atoms with Gasteiger partial charge in [-0.25, -0.2) is 0 Å². The summed E-state index contributed by atoms with van der Waals surface area (Å²) in [5, 5.41) is 3.50. The van der Waals surface area contributed by atoms with E-state index in [1.54, 1.807) is 0 Å². The highest BCUT2D eigenvalue weighted by molar-refractivity contribution is 5.28. The van der Waals surface area contributed by atoms with Crippen molar-refractivity contribution >= 4 is 0 Å². The fourth-order valence-electron chi connectivity index (χ4n) is 3.52. The maximum absolute atomic E-state index is 3.50. The molecule has 1 N–H and O–H groups in total. The SMILES string of the molecule is CNC(CCN1CCC(C)CC1C)c1ccccc1C. The molecule has 1 fully saturated rings. The number of nitrogens with zero attached hydrogens (tertiary/aromatic N) is 1. The Morgan fingerprint density at radius 3 is 2.70 bits per heavy atom. The second-order valence-electron chi connectivity index (χ2n) is 6.50. The first kappa shape index (κ1) is 15.5. The summed E-state index contributed by atoms with van der Waals surface area (Å²) in [6, 6.07) is 9.97. The van der Waals surface area contributed by atoms with Gasteiger partial charge in [0.2, 0.25) is 0 Å². The highest BCUT2D eigenvalue weighted by atomic mass is 15.2. The van der Waals surface area contributed by atoms with Crippen molar-refractivity contribution in [1.29, 1.82) is 0 Å². The second kappa shape index (κ2) is 7.24. The molecule has 0 amide bonds. The first-order valence-electron chi connectivity index (χ1n) is 8.08. The molecule has 0 spiro atoms. The molecule has 1 aromatic carbocycles. The van der Waals surface area contributed by atoms with Crippen LogP contribution in [0.2, 0.25) is 0 Å². The smallest absolute Gasteiger partial charge is 0.0332 e. The Kier molecular flexibility index (Phi) is 5.62. The van der Waals surface area contributed by atoms with Gasteiger partial charge in [-0.1, -0.05) is 31.2 Å². The van der Waals surface area contributed by atoms with Gasteiger partial charge in [0, 0.05) is 18.6 Å². The number of piperidine rings is 1. The molecule has 3 atom stereocenters. The molecular formula is C18H30N2. The van der Waals surface area contributed by atoms with E-state index in [2.05, 4.69) is 62.3 Å². The van der Waals surface area contributed by atoms with Gasteiger partial charge in [-0.05, 0) is 63.7 Å². The van der Waals surface area contributed by atoms with Crippen LogP contribution in [0.3, 0.4) is 0 Å². The minimum Gasteiger partial charge on any atom is -0.313 e. The Morgan fingerprint density at radius 1 is 1.30 bits per heavy atom. The number of likely N-dealkylation sites (tertiary alicyclic amines) is 1. The van der Waals surface area contributed by atoms with E-state index in [1.807, 2.05) is 0 Å². The highest BCUT2D eigenvalue weighted by Crippen LogP contribution is 2.25. The fourth-order valence-corrected chi connectivity index (χ4v) is 3.52. The number of hydrogen-bond acceptors (Lipinski definition) is 2. The summed E-state index contributed by atoms with van der Waals surface area (Å²) in [4.78, 5) is 2.67. The molecule has 2 nitrogen and oxygen atoms in total. The molecule has 0 aliphatic carbocycles. The average molecular weight is 274 g/mol. The van der Waals surface area contributed by atoms with Crippen LogP contribution in [0.1, 0.15) is 50.3 Å². The van der Waals surface area contributed by atoms with Crippen molar-refractivity contribution in [1.82, 2.24) is 10.2 Å². The van der Waals surface area contributed by atoms with Crippen LogP contribution in [-0.4, -0.2) is 31.1 Å². The lowest BCUT2D eigenvalue weighted by atomic mass is 9.92. The van der Waals surface area contributed by atoms with Crippen LogP contribution in [0.15, 0.2) is 24.3 Å². The van der Waals surface area contributed by atoms with Crippen LogP contribution >= 0.6 is 0 Å². The molecule has 112 valence electrons. The van der Waals surface area contributed by atoms with Gasteiger partial charge in [0.15, 0.2) is 0 Å². The summed E-state index contributed by atoms with van der Waals surface area (Å²) in [6.45, 7) is 9.46. The van der Waals surface area contributed by atoms with Gasteiger partial charge in [0.25, 0.3) is 0 Å². The van der Waals surface area contributed by atoms with Crippen molar-refractivity contribution in [3.63, 3.8) is 0 Å². The molecule has 1 heterocycles. The van der Waals surface area contributed by atoms with Crippen LogP contribution < -0.4 is 5.32 Å². The summed E-state index contributed by atoms with van der Waals surface area (Å²) in [5.41, 5.74) is 2.85. The summed E-state index contributed by atoms with van der Waals surface area (Å²) in [6.07, 6.45) is 3.91. The van der Waals surface area contributed by atoms with Gasteiger partial charge in [0.05, 0.1) is 0 Å². The zero-order chi connectivity index (χ0) is 14.5. The normalized spacial score (nSPS) is 25.6. The first-order valence-corrected chi connectivity index (χ1v) is 8.08.